The standard InChI is InChI=1S/C15H24N2OS/c1-12-13-4-8-19-14(13)3-6-17(12)10-15(9-16-2)5-7-18-11-15/h4,8,12,16H,3,5-7,9-11H2,1-2H3. The molecule has 2 unspecified atom stereocenters. The van der Waals surface area contributed by atoms with Crippen molar-refractivity contribution in [2.24, 2.45) is 5.41 Å². The molecule has 1 fully saturated rings. The predicted octanol–water partition coefficient (Wildman–Crippen LogP) is 2.29. The zero-order chi connectivity index (χ0) is 13.3. The fraction of sp³-hybridized carbons (Fsp3) is 0.733. The molecule has 106 valence electrons. The van der Waals surface area contributed by atoms with Crippen molar-refractivity contribution >= 4 is 11.3 Å². The van der Waals surface area contributed by atoms with E-state index < -0.39 is 0 Å². The van der Waals surface area contributed by atoms with Crippen molar-refractivity contribution in [1.82, 2.24) is 10.2 Å². The molecule has 3 rings (SSSR count). The molecule has 0 spiro atoms. The van der Waals surface area contributed by atoms with Crippen LogP contribution in [0.15, 0.2) is 11.4 Å². The lowest BCUT2D eigenvalue weighted by atomic mass is 9.85. The molecule has 2 atom stereocenters. The van der Waals surface area contributed by atoms with Gasteiger partial charge in [-0.25, -0.2) is 0 Å². The smallest absolute Gasteiger partial charge is 0.0547 e. The van der Waals surface area contributed by atoms with E-state index in [0.29, 0.717) is 11.5 Å². The monoisotopic (exact) mass is 280 g/mol. The molecule has 1 saturated heterocycles. The predicted molar refractivity (Wildman–Crippen MR) is 79.8 cm³/mol. The molecule has 0 amide bonds. The lowest BCUT2D eigenvalue weighted by Crippen LogP contribution is -2.46. The summed E-state index contributed by atoms with van der Waals surface area (Å²) in [6.45, 7) is 7.60. The van der Waals surface area contributed by atoms with Gasteiger partial charge in [0.25, 0.3) is 0 Å². The summed E-state index contributed by atoms with van der Waals surface area (Å²) in [5, 5.41) is 5.61. The minimum Gasteiger partial charge on any atom is -0.381 e. The van der Waals surface area contributed by atoms with Crippen LogP contribution in [0.3, 0.4) is 0 Å². The fourth-order valence-corrected chi connectivity index (χ4v) is 4.52. The lowest BCUT2D eigenvalue weighted by molar-refractivity contribution is 0.0862. The SMILES string of the molecule is CNCC1(CN2CCc3sccc3C2C)CCOC1. The molecule has 4 heteroatoms. The van der Waals surface area contributed by atoms with Gasteiger partial charge in [-0.1, -0.05) is 0 Å². The Balaban J connectivity index is 1.73. The van der Waals surface area contributed by atoms with Crippen LogP contribution in [0.4, 0.5) is 0 Å². The highest BCUT2D eigenvalue weighted by Gasteiger charge is 2.38. The molecular formula is C15H24N2OS. The highest BCUT2D eigenvalue weighted by molar-refractivity contribution is 7.10. The second-order valence-corrected chi connectivity index (χ2v) is 7.03. The maximum Gasteiger partial charge on any atom is 0.0547 e. The van der Waals surface area contributed by atoms with Crippen molar-refractivity contribution in [2.75, 3.05) is 39.9 Å². The van der Waals surface area contributed by atoms with E-state index in [-0.39, 0.29) is 0 Å². The summed E-state index contributed by atoms with van der Waals surface area (Å²) in [7, 11) is 2.05. The van der Waals surface area contributed by atoms with Crippen LogP contribution in [0.25, 0.3) is 0 Å². The number of rotatable bonds is 4. The normalized spacial score (nSPS) is 31.6. The number of nitrogens with one attached hydrogen (secondary N) is 1. The summed E-state index contributed by atoms with van der Waals surface area (Å²) in [6, 6.07) is 2.87. The number of thiophene rings is 1. The second-order valence-electron chi connectivity index (χ2n) is 6.03. The lowest BCUT2D eigenvalue weighted by Gasteiger charge is -2.40. The third-order valence-corrected chi connectivity index (χ3v) is 5.68. The minimum atomic E-state index is 0.316. The third kappa shape index (κ3) is 2.59. The number of fused-ring (bicyclic) bond motifs is 1. The molecule has 2 aliphatic rings. The van der Waals surface area contributed by atoms with Crippen LogP contribution >= 0.6 is 11.3 Å². The molecular weight excluding hydrogens is 256 g/mol. The first-order valence-electron chi connectivity index (χ1n) is 7.27. The number of hydrogen-bond acceptors (Lipinski definition) is 4. The van der Waals surface area contributed by atoms with Gasteiger partial charge in [-0.05, 0) is 43.8 Å². The van der Waals surface area contributed by atoms with Crippen molar-refractivity contribution < 1.29 is 4.74 Å². The summed E-state index contributed by atoms with van der Waals surface area (Å²) >= 11 is 1.92. The summed E-state index contributed by atoms with van der Waals surface area (Å²) in [5.41, 5.74) is 1.87. The van der Waals surface area contributed by atoms with Crippen LogP contribution < -0.4 is 5.32 Å². The molecule has 0 saturated carbocycles. The molecule has 0 bridgehead atoms. The van der Waals surface area contributed by atoms with Crippen molar-refractivity contribution in [1.29, 1.82) is 0 Å². The number of hydrogen-bond donors (Lipinski definition) is 1. The molecule has 0 radical (unpaired) electrons. The van der Waals surface area contributed by atoms with Crippen molar-refractivity contribution in [3.05, 3.63) is 21.9 Å². The van der Waals surface area contributed by atoms with E-state index in [0.717, 1.165) is 26.3 Å². The molecule has 1 N–H and O–H groups in total. The Labute approximate surface area is 119 Å². The van der Waals surface area contributed by atoms with Gasteiger partial charge in [-0.3, -0.25) is 4.90 Å². The van der Waals surface area contributed by atoms with Crippen LogP contribution in [-0.4, -0.2) is 44.8 Å². The van der Waals surface area contributed by atoms with Gasteiger partial charge in [0.15, 0.2) is 0 Å². The summed E-state index contributed by atoms with van der Waals surface area (Å²) in [4.78, 5) is 4.25. The Kier molecular flexibility index (Phi) is 3.94. The largest absolute Gasteiger partial charge is 0.381 e. The van der Waals surface area contributed by atoms with Gasteiger partial charge < -0.3 is 10.1 Å². The average Bonchev–Trinajstić information content (AvgIpc) is 3.03. The first kappa shape index (κ1) is 13.6. The molecule has 1 aromatic rings. The van der Waals surface area contributed by atoms with Gasteiger partial charge in [0, 0.05) is 42.6 Å². The van der Waals surface area contributed by atoms with Gasteiger partial charge >= 0.3 is 0 Å². The van der Waals surface area contributed by atoms with Gasteiger partial charge in [-0.15, -0.1) is 11.3 Å². The van der Waals surface area contributed by atoms with E-state index in [4.69, 9.17) is 4.74 Å². The first-order valence-corrected chi connectivity index (χ1v) is 8.15. The fourth-order valence-electron chi connectivity index (χ4n) is 3.55. The van der Waals surface area contributed by atoms with Crippen LogP contribution in [0.2, 0.25) is 0 Å². The quantitative estimate of drug-likeness (QED) is 0.916. The van der Waals surface area contributed by atoms with Gasteiger partial charge in [0.2, 0.25) is 0 Å². The Morgan fingerprint density at radius 3 is 3.21 bits per heavy atom. The minimum absolute atomic E-state index is 0.316. The van der Waals surface area contributed by atoms with Crippen molar-refractivity contribution in [3.63, 3.8) is 0 Å². The summed E-state index contributed by atoms with van der Waals surface area (Å²) in [5.74, 6) is 0. The number of ether oxygens (including phenoxy) is 1. The van der Waals surface area contributed by atoms with Gasteiger partial charge in [0.05, 0.1) is 6.61 Å². The molecule has 2 aliphatic heterocycles. The van der Waals surface area contributed by atoms with E-state index in [1.54, 1.807) is 10.4 Å². The highest BCUT2D eigenvalue weighted by atomic mass is 32.1. The molecule has 0 aromatic carbocycles. The van der Waals surface area contributed by atoms with Crippen LogP contribution in [0.5, 0.6) is 0 Å². The van der Waals surface area contributed by atoms with Gasteiger partial charge in [-0.2, -0.15) is 0 Å². The topological polar surface area (TPSA) is 24.5 Å². The molecule has 3 heterocycles. The van der Waals surface area contributed by atoms with Crippen LogP contribution in [0.1, 0.15) is 29.8 Å². The zero-order valence-electron chi connectivity index (χ0n) is 11.9. The second kappa shape index (κ2) is 5.52. The Morgan fingerprint density at radius 1 is 1.58 bits per heavy atom. The third-order valence-electron chi connectivity index (χ3n) is 4.68. The number of nitrogens with zero attached hydrogens (tertiary/aromatic N) is 1. The summed E-state index contributed by atoms with van der Waals surface area (Å²) in [6.07, 6.45) is 2.40. The first-order chi connectivity index (χ1) is 9.24. The molecule has 19 heavy (non-hydrogen) atoms. The van der Waals surface area contributed by atoms with E-state index in [9.17, 15) is 0 Å². The summed E-state index contributed by atoms with van der Waals surface area (Å²) < 4.78 is 5.68. The molecule has 3 nitrogen and oxygen atoms in total. The van der Waals surface area contributed by atoms with E-state index in [1.807, 2.05) is 11.3 Å². The van der Waals surface area contributed by atoms with E-state index in [2.05, 4.69) is 35.6 Å². The highest BCUT2D eigenvalue weighted by Crippen LogP contribution is 2.37. The Morgan fingerprint density at radius 2 is 2.47 bits per heavy atom. The Bertz CT molecular complexity index is 426. The van der Waals surface area contributed by atoms with Crippen LogP contribution in [-0.2, 0) is 11.2 Å². The van der Waals surface area contributed by atoms with Crippen molar-refractivity contribution in [2.45, 2.75) is 25.8 Å². The zero-order valence-corrected chi connectivity index (χ0v) is 12.8. The van der Waals surface area contributed by atoms with E-state index >= 15 is 0 Å². The maximum atomic E-state index is 5.68. The Hall–Kier alpha value is -0.420. The molecule has 0 aliphatic carbocycles. The van der Waals surface area contributed by atoms with Crippen molar-refractivity contribution in [3.8, 4) is 0 Å². The average molecular weight is 280 g/mol. The van der Waals surface area contributed by atoms with Crippen LogP contribution in [0, 0.1) is 5.41 Å². The van der Waals surface area contributed by atoms with E-state index in [1.165, 1.54) is 19.4 Å². The van der Waals surface area contributed by atoms with Gasteiger partial charge in [0.1, 0.15) is 0 Å². The molecule has 1 aromatic heterocycles. The maximum absolute atomic E-state index is 5.68.